The molecule has 0 aliphatic carbocycles. The van der Waals surface area contributed by atoms with E-state index in [1.54, 1.807) is 0 Å². The zero-order valence-corrected chi connectivity index (χ0v) is 8.86. The first-order valence-corrected chi connectivity index (χ1v) is 5.73. The van der Waals surface area contributed by atoms with Crippen molar-refractivity contribution in [1.82, 2.24) is 4.90 Å². The first-order chi connectivity index (χ1) is 6.35. The highest BCUT2D eigenvalue weighted by Crippen LogP contribution is 2.27. The maximum atomic E-state index is 5.68. The number of hydrogen-bond donors (Lipinski definition) is 1. The lowest BCUT2D eigenvalue weighted by Gasteiger charge is -2.25. The average Bonchev–Trinajstić information content (AvgIpc) is 2.59. The molecule has 0 amide bonds. The molecule has 2 N–H and O–H groups in total. The number of nitrogens with two attached hydrogens (primary N) is 1. The molecule has 2 nitrogen and oxygen atoms in total. The second-order valence-electron chi connectivity index (χ2n) is 3.49. The smallest absolute Gasteiger partial charge is 0.0330 e. The monoisotopic (exact) mass is 196 g/mol. The first kappa shape index (κ1) is 9.19. The van der Waals surface area contributed by atoms with E-state index < -0.39 is 0 Å². The quantitative estimate of drug-likeness (QED) is 0.778. The van der Waals surface area contributed by atoms with Crippen LogP contribution >= 0.6 is 11.3 Å². The predicted octanol–water partition coefficient (Wildman–Crippen LogP) is 1.58. The second kappa shape index (κ2) is 3.78. The Morgan fingerprint density at radius 2 is 2.46 bits per heavy atom. The molecule has 72 valence electrons. The number of hydrogen-bond acceptors (Lipinski definition) is 3. The van der Waals surface area contributed by atoms with Gasteiger partial charge < -0.3 is 5.73 Å². The maximum Gasteiger partial charge on any atom is 0.0330 e. The molecular formula is C10H16N2S. The molecule has 0 bridgehead atoms. The van der Waals surface area contributed by atoms with Crippen molar-refractivity contribution in [3.63, 3.8) is 0 Å². The van der Waals surface area contributed by atoms with Gasteiger partial charge in [0.25, 0.3) is 0 Å². The van der Waals surface area contributed by atoms with Crippen molar-refractivity contribution in [2.24, 2.45) is 5.73 Å². The van der Waals surface area contributed by atoms with Gasteiger partial charge in [-0.05, 0) is 29.5 Å². The summed E-state index contributed by atoms with van der Waals surface area (Å²) in [7, 11) is 0. The third-order valence-corrected chi connectivity index (χ3v) is 3.84. The minimum absolute atomic E-state index is 0.706. The molecule has 2 rings (SSSR count). The van der Waals surface area contributed by atoms with E-state index in [4.69, 9.17) is 5.73 Å². The highest BCUT2D eigenvalue weighted by atomic mass is 32.1. The van der Waals surface area contributed by atoms with Crippen LogP contribution in [0.5, 0.6) is 0 Å². The normalized spacial score (nSPS) is 17.4. The van der Waals surface area contributed by atoms with E-state index in [0.29, 0.717) is 6.54 Å². The topological polar surface area (TPSA) is 29.3 Å². The Morgan fingerprint density at radius 1 is 1.62 bits per heavy atom. The number of likely N-dealkylation sites (N-methyl/N-ethyl adjacent to an activating group) is 1. The Bertz CT molecular complexity index is 293. The molecule has 0 saturated heterocycles. The molecule has 0 saturated carbocycles. The largest absolute Gasteiger partial charge is 0.326 e. The molecule has 0 radical (unpaired) electrons. The van der Waals surface area contributed by atoms with Crippen LogP contribution in [0.3, 0.4) is 0 Å². The number of rotatable bonds is 2. The molecule has 3 heteroatoms. The fourth-order valence-electron chi connectivity index (χ4n) is 1.89. The van der Waals surface area contributed by atoms with Gasteiger partial charge in [-0.2, -0.15) is 0 Å². The summed E-state index contributed by atoms with van der Waals surface area (Å²) in [5.74, 6) is 0. The molecule has 1 aliphatic heterocycles. The third kappa shape index (κ3) is 1.64. The van der Waals surface area contributed by atoms with Gasteiger partial charge in [-0.1, -0.05) is 6.92 Å². The second-order valence-corrected chi connectivity index (χ2v) is 4.45. The van der Waals surface area contributed by atoms with Gasteiger partial charge in [0.15, 0.2) is 0 Å². The molecule has 2 heterocycles. The van der Waals surface area contributed by atoms with Crippen LogP contribution in [0.4, 0.5) is 0 Å². The van der Waals surface area contributed by atoms with Crippen molar-refractivity contribution in [3.8, 4) is 0 Å². The molecule has 0 fully saturated rings. The SMILES string of the molecule is CCN1CCc2c(CN)csc2C1. The van der Waals surface area contributed by atoms with Gasteiger partial charge in [0.2, 0.25) is 0 Å². The highest BCUT2D eigenvalue weighted by Gasteiger charge is 2.18. The van der Waals surface area contributed by atoms with Gasteiger partial charge in [0.1, 0.15) is 0 Å². The summed E-state index contributed by atoms with van der Waals surface area (Å²) in [6, 6.07) is 0. The van der Waals surface area contributed by atoms with Crippen LogP contribution in [0.15, 0.2) is 5.38 Å². The van der Waals surface area contributed by atoms with Gasteiger partial charge in [0, 0.05) is 24.5 Å². The lowest BCUT2D eigenvalue weighted by atomic mass is 10.0. The molecule has 1 aromatic heterocycles. The fraction of sp³-hybridized carbons (Fsp3) is 0.600. The van der Waals surface area contributed by atoms with Crippen molar-refractivity contribution < 1.29 is 0 Å². The van der Waals surface area contributed by atoms with Crippen LogP contribution in [0.1, 0.15) is 22.9 Å². The Hall–Kier alpha value is -0.380. The summed E-state index contributed by atoms with van der Waals surface area (Å²) in [5, 5.41) is 2.23. The molecule has 0 unspecified atom stereocenters. The van der Waals surface area contributed by atoms with Crippen LogP contribution in [0, 0.1) is 0 Å². The van der Waals surface area contributed by atoms with E-state index in [1.807, 2.05) is 11.3 Å². The van der Waals surface area contributed by atoms with Gasteiger partial charge >= 0.3 is 0 Å². The Balaban J connectivity index is 2.22. The van der Waals surface area contributed by atoms with E-state index in [0.717, 1.165) is 13.1 Å². The lowest BCUT2D eigenvalue weighted by Crippen LogP contribution is -2.29. The zero-order chi connectivity index (χ0) is 9.26. The van der Waals surface area contributed by atoms with Crippen LogP contribution in [-0.2, 0) is 19.5 Å². The van der Waals surface area contributed by atoms with E-state index >= 15 is 0 Å². The Labute approximate surface area is 83.4 Å². The van der Waals surface area contributed by atoms with Crippen LogP contribution < -0.4 is 5.73 Å². The number of nitrogens with zero attached hydrogens (tertiary/aromatic N) is 1. The molecule has 0 atom stereocenters. The summed E-state index contributed by atoms with van der Waals surface area (Å²) < 4.78 is 0. The van der Waals surface area contributed by atoms with E-state index in [1.165, 1.54) is 29.0 Å². The maximum absolute atomic E-state index is 5.68. The van der Waals surface area contributed by atoms with Crippen LogP contribution in [0.25, 0.3) is 0 Å². The number of fused-ring (bicyclic) bond motifs is 1. The minimum atomic E-state index is 0.706. The van der Waals surface area contributed by atoms with E-state index in [2.05, 4.69) is 17.2 Å². The fourth-order valence-corrected chi connectivity index (χ4v) is 3.05. The van der Waals surface area contributed by atoms with Crippen molar-refractivity contribution in [1.29, 1.82) is 0 Å². The van der Waals surface area contributed by atoms with Gasteiger partial charge in [0.05, 0.1) is 0 Å². The zero-order valence-electron chi connectivity index (χ0n) is 8.05. The molecule has 1 aromatic rings. The van der Waals surface area contributed by atoms with Crippen LogP contribution in [0.2, 0.25) is 0 Å². The van der Waals surface area contributed by atoms with Gasteiger partial charge in [-0.3, -0.25) is 4.90 Å². The summed E-state index contributed by atoms with van der Waals surface area (Å²) in [6.45, 7) is 6.43. The summed E-state index contributed by atoms with van der Waals surface area (Å²) >= 11 is 1.87. The van der Waals surface area contributed by atoms with Crippen molar-refractivity contribution >= 4 is 11.3 Å². The Morgan fingerprint density at radius 3 is 3.15 bits per heavy atom. The van der Waals surface area contributed by atoms with Crippen molar-refractivity contribution in [2.45, 2.75) is 26.4 Å². The average molecular weight is 196 g/mol. The van der Waals surface area contributed by atoms with Gasteiger partial charge in [-0.25, -0.2) is 0 Å². The Kier molecular flexibility index (Phi) is 2.67. The predicted molar refractivity (Wildman–Crippen MR) is 56.9 cm³/mol. The third-order valence-electron chi connectivity index (χ3n) is 2.78. The standard InChI is InChI=1S/C10H16N2S/c1-2-12-4-3-9-8(5-11)7-13-10(9)6-12/h7H,2-6,11H2,1H3. The van der Waals surface area contributed by atoms with Crippen molar-refractivity contribution in [2.75, 3.05) is 13.1 Å². The van der Waals surface area contributed by atoms with Crippen molar-refractivity contribution in [3.05, 3.63) is 21.4 Å². The van der Waals surface area contributed by atoms with Gasteiger partial charge in [-0.15, -0.1) is 11.3 Å². The highest BCUT2D eigenvalue weighted by molar-refractivity contribution is 7.10. The summed E-state index contributed by atoms with van der Waals surface area (Å²) in [4.78, 5) is 4.02. The molecule has 13 heavy (non-hydrogen) atoms. The molecule has 1 aliphatic rings. The number of thiophene rings is 1. The summed E-state index contributed by atoms with van der Waals surface area (Å²) in [6.07, 6.45) is 1.19. The summed E-state index contributed by atoms with van der Waals surface area (Å²) in [5.41, 5.74) is 8.59. The first-order valence-electron chi connectivity index (χ1n) is 4.85. The van der Waals surface area contributed by atoms with E-state index in [9.17, 15) is 0 Å². The minimum Gasteiger partial charge on any atom is -0.326 e. The molecule has 0 aromatic carbocycles. The molecular weight excluding hydrogens is 180 g/mol. The molecule has 0 spiro atoms. The van der Waals surface area contributed by atoms with Crippen LogP contribution in [-0.4, -0.2) is 18.0 Å². The van der Waals surface area contributed by atoms with E-state index in [-0.39, 0.29) is 0 Å². The lowest BCUT2D eigenvalue weighted by molar-refractivity contribution is 0.271.